The van der Waals surface area contributed by atoms with Gasteiger partial charge in [0.1, 0.15) is 5.75 Å². The van der Waals surface area contributed by atoms with Gasteiger partial charge in [0, 0.05) is 31.6 Å². The maximum atomic E-state index is 11.4. The Morgan fingerprint density at radius 1 is 1.29 bits per heavy atom. The van der Waals surface area contributed by atoms with Gasteiger partial charge in [-0.2, -0.15) is 0 Å². The number of methoxy groups -OCH3 is 1. The van der Waals surface area contributed by atoms with Crippen molar-refractivity contribution in [3.8, 4) is 5.75 Å². The highest BCUT2D eigenvalue weighted by Crippen LogP contribution is 2.30. The van der Waals surface area contributed by atoms with Crippen molar-refractivity contribution >= 4 is 16.7 Å². The van der Waals surface area contributed by atoms with Gasteiger partial charge in [-0.25, -0.2) is 0 Å². The molecule has 0 bridgehead atoms. The van der Waals surface area contributed by atoms with Crippen LogP contribution in [0.2, 0.25) is 0 Å². The summed E-state index contributed by atoms with van der Waals surface area (Å²) < 4.78 is 5.60. The van der Waals surface area contributed by atoms with E-state index in [1.165, 1.54) is 16.3 Å². The van der Waals surface area contributed by atoms with Crippen LogP contribution in [0.3, 0.4) is 0 Å². The summed E-state index contributed by atoms with van der Waals surface area (Å²) in [6, 6.07) is 12.6. The van der Waals surface area contributed by atoms with Gasteiger partial charge < -0.3 is 10.1 Å². The summed E-state index contributed by atoms with van der Waals surface area (Å²) in [7, 11) is 1.74. The second-order valence-corrected chi connectivity index (χ2v) is 6.51. The van der Waals surface area contributed by atoms with Gasteiger partial charge >= 0.3 is 0 Å². The van der Waals surface area contributed by atoms with Crippen molar-refractivity contribution < 1.29 is 9.53 Å². The minimum Gasteiger partial charge on any atom is -0.496 e. The number of rotatable bonds is 6. The molecule has 1 atom stereocenters. The first-order valence-corrected chi connectivity index (χ1v) is 8.75. The molecule has 1 fully saturated rings. The molecule has 1 aliphatic heterocycles. The Hall–Kier alpha value is -2.07. The summed E-state index contributed by atoms with van der Waals surface area (Å²) in [4.78, 5) is 13.9. The fourth-order valence-corrected chi connectivity index (χ4v) is 3.50. The van der Waals surface area contributed by atoms with E-state index in [0.717, 1.165) is 38.3 Å². The number of ether oxygens (including phenoxy) is 1. The monoisotopic (exact) mass is 326 g/mol. The highest BCUT2D eigenvalue weighted by atomic mass is 16.5. The molecule has 0 unspecified atom stereocenters. The first-order valence-electron chi connectivity index (χ1n) is 8.75. The zero-order valence-corrected chi connectivity index (χ0v) is 14.5. The molecule has 4 heteroatoms. The Morgan fingerprint density at radius 2 is 2.12 bits per heavy atom. The number of carbonyl (C=O) groups excluding carboxylic acids is 1. The molecule has 1 heterocycles. The fraction of sp³-hybridized carbons (Fsp3) is 0.450. The predicted octanol–water partition coefficient (Wildman–Crippen LogP) is 3.20. The maximum Gasteiger partial charge on any atom is 0.219 e. The van der Waals surface area contributed by atoms with Crippen molar-refractivity contribution in [1.29, 1.82) is 0 Å². The molecular weight excluding hydrogens is 300 g/mol. The Morgan fingerprint density at radius 3 is 2.92 bits per heavy atom. The molecule has 3 rings (SSSR count). The average molecular weight is 326 g/mol. The second-order valence-electron chi connectivity index (χ2n) is 6.51. The van der Waals surface area contributed by atoms with Gasteiger partial charge in [-0.05, 0) is 35.7 Å². The molecule has 1 N–H and O–H groups in total. The summed E-state index contributed by atoms with van der Waals surface area (Å²) in [5, 5.41) is 5.53. The lowest BCUT2D eigenvalue weighted by Gasteiger charge is -2.20. The quantitative estimate of drug-likeness (QED) is 0.886. The van der Waals surface area contributed by atoms with Crippen LogP contribution in [0, 0.1) is 5.92 Å². The number of carbonyl (C=O) groups is 1. The van der Waals surface area contributed by atoms with Crippen molar-refractivity contribution in [2.45, 2.75) is 26.3 Å². The number of nitrogens with zero attached hydrogens (tertiary/aromatic N) is 1. The predicted molar refractivity (Wildman–Crippen MR) is 97.2 cm³/mol. The molecule has 1 amide bonds. The van der Waals surface area contributed by atoms with Gasteiger partial charge in [0.15, 0.2) is 0 Å². The van der Waals surface area contributed by atoms with Crippen LogP contribution in [0.1, 0.15) is 25.3 Å². The van der Waals surface area contributed by atoms with Gasteiger partial charge in [0.2, 0.25) is 5.91 Å². The van der Waals surface area contributed by atoms with Crippen LogP contribution in [-0.2, 0) is 11.3 Å². The molecule has 0 aliphatic carbocycles. The molecule has 0 spiro atoms. The molecule has 0 radical (unpaired) electrons. The van der Waals surface area contributed by atoms with Crippen LogP contribution >= 0.6 is 0 Å². The standard InChI is InChI=1S/C20H26N2O2/c1-3-20(23)21-12-15-10-11-22(13-15)14-18-17-7-5-4-6-16(17)8-9-19(18)24-2/h4-9,15H,3,10-14H2,1-2H3,(H,21,23)/t15-/m0/s1. The molecule has 24 heavy (non-hydrogen) atoms. The summed E-state index contributed by atoms with van der Waals surface area (Å²) in [5.41, 5.74) is 1.26. The smallest absolute Gasteiger partial charge is 0.219 e. The molecule has 0 aromatic heterocycles. The number of amides is 1. The third-order valence-electron chi connectivity index (χ3n) is 4.88. The van der Waals surface area contributed by atoms with Gasteiger partial charge in [0.25, 0.3) is 0 Å². The fourth-order valence-electron chi connectivity index (χ4n) is 3.50. The number of likely N-dealkylation sites (tertiary alicyclic amines) is 1. The second kappa shape index (κ2) is 7.67. The Bertz CT molecular complexity index is 714. The maximum absolute atomic E-state index is 11.4. The molecule has 2 aromatic carbocycles. The van der Waals surface area contributed by atoms with Crippen LogP contribution < -0.4 is 10.1 Å². The zero-order valence-electron chi connectivity index (χ0n) is 14.5. The zero-order chi connectivity index (χ0) is 16.9. The van der Waals surface area contributed by atoms with E-state index in [0.29, 0.717) is 12.3 Å². The third kappa shape index (κ3) is 3.70. The van der Waals surface area contributed by atoms with Crippen LogP contribution in [0.4, 0.5) is 0 Å². The molecule has 2 aromatic rings. The van der Waals surface area contributed by atoms with Crippen LogP contribution in [0.25, 0.3) is 10.8 Å². The number of fused-ring (bicyclic) bond motifs is 1. The number of hydrogen-bond donors (Lipinski definition) is 1. The van der Waals surface area contributed by atoms with Gasteiger partial charge in [0.05, 0.1) is 7.11 Å². The van der Waals surface area contributed by atoms with E-state index in [-0.39, 0.29) is 5.91 Å². The third-order valence-corrected chi connectivity index (χ3v) is 4.88. The van der Waals surface area contributed by atoms with Crippen molar-refractivity contribution in [3.63, 3.8) is 0 Å². The van der Waals surface area contributed by atoms with Crippen LogP contribution in [0.15, 0.2) is 36.4 Å². The minimum absolute atomic E-state index is 0.143. The molecular formula is C20H26N2O2. The molecule has 1 aliphatic rings. The van der Waals surface area contributed by atoms with Crippen LogP contribution in [0.5, 0.6) is 5.75 Å². The molecule has 128 valence electrons. The van der Waals surface area contributed by atoms with E-state index in [1.807, 2.05) is 6.92 Å². The summed E-state index contributed by atoms with van der Waals surface area (Å²) in [5.74, 6) is 1.64. The lowest BCUT2D eigenvalue weighted by molar-refractivity contribution is -0.120. The van der Waals surface area contributed by atoms with E-state index in [1.54, 1.807) is 7.11 Å². The average Bonchev–Trinajstić information content (AvgIpc) is 3.07. The first-order chi connectivity index (χ1) is 11.7. The first kappa shape index (κ1) is 16.8. The largest absolute Gasteiger partial charge is 0.496 e. The number of benzene rings is 2. The highest BCUT2D eigenvalue weighted by Gasteiger charge is 2.24. The van der Waals surface area contributed by atoms with E-state index in [2.05, 4.69) is 46.6 Å². The van der Waals surface area contributed by atoms with Crippen molar-refractivity contribution in [1.82, 2.24) is 10.2 Å². The Labute approximate surface area is 143 Å². The number of hydrogen-bond acceptors (Lipinski definition) is 3. The summed E-state index contributed by atoms with van der Waals surface area (Å²) in [6.45, 7) is 5.66. The summed E-state index contributed by atoms with van der Waals surface area (Å²) in [6.07, 6.45) is 1.70. The van der Waals surface area contributed by atoms with Crippen molar-refractivity contribution in [2.75, 3.05) is 26.7 Å². The minimum atomic E-state index is 0.143. The van der Waals surface area contributed by atoms with Crippen molar-refractivity contribution in [3.05, 3.63) is 42.0 Å². The van der Waals surface area contributed by atoms with E-state index in [4.69, 9.17) is 4.74 Å². The van der Waals surface area contributed by atoms with E-state index < -0.39 is 0 Å². The SMILES string of the molecule is CCC(=O)NC[C@@H]1CCN(Cc2c(OC)ccc3ccccc23)C1. The number of nitrogens with one attached hydrogen (secondary N) is 1. The van der Waals surface area contributed by atoms with E-state index in [9.17, 15) is 4.79 Å². The lowest BCUT2D eigenvalue weighted by Crippen LogP contribution is -2.30. The summed E-state index contributed by atoms with van der Waals surface area (Å²) >= 11 is 0. The molecule has 0 saturated carbocycles. The van der Waals surface area contributed by atoms with Gasteiger partial charge in [-0.15, -0.1) is 0 Å². The van der Waals surface area contributed by atoms with E-state index >= 15 is 0 Å². The highest BCUT2D eigenvalue weighted by molar-refractivity contribution is 5.87. The topological polar surface area (TPSA) is 41.6 Å². The van der Waals surface area contributed by atoms with Crippen LogP contribution in [-0.4, -0.2) is 37.6 Å². The van der Waals surface area contributed by atoms with Crippen molar-refractivity contribution in [2.24, 2.45) is 5.92 Å². The van der Waals surface area contributed by atoms with Gasteiger partial charge in [-0.1, -0.05) is 37.3 Å². The molecule has 1 saturated heterocycles. The normalized spacial score (nSPS) is 18.0. The Balaban J connectivity index is 1.70. The lowest BCUT2D eigenvalue weighted by atomic mass is 10.0. The molecule has 4 nitrogen and oxygen atoms in total. The van der Waals surface area contributed by atoms with Gasteiger partial charge in [-0.3, -0.25) is 9.69 Å². The Kier molecular flexibility index (Phi) is 5.36.